The highest BCUT2D eigenvalue weighted by molar-refractivity contribution is 6.03. The van der Waals surface area contributed by atoms with Crippen molar-refractivity contribution in [1.82, 2.24) is 10.2 Å². The molecule has 3 amide bonds. The van der Waals surface area contributed by atoms with Crippen LogP contribution in [0.3, 0.4) is 0 Å². The first-order valence-corrected chi connectivity index (χ1v) is 13.3. The Balaban J connectivity index is 1.63. The lowest BCUT2D eigenvalue weighted by Crippen LogP contribution is -2.53. The van der Waals surface area contributed by atoms with Crippen molar-refractivity contribution in [3.63, 3.8) is 0 Å². The van der Waals surface area contributed by atoms with Gasteiger partial charge < -0.3 is 30.3 Å². The second kappa shape index (κ2) is 10.4. The molecule has 3 N–H and O–H groups in total. The van der Waals surface area contributed by atoms with Crippen LogP contribution in [0.25, 0.3) is 0 Å². The lowest BCUT2D eigenvalue weighted by Gasteiger charge is -2.33. The van der Waals surface area contributed by atoms with Crippen LogP contribution in [-0.4, -0.2) is 77.8 Å². The number of carbonyl (C=O) groups excluding carboxylic acids is 3. The second-order valence-corrected chi connectivity index (χ2v) is 10.3. The zero-order valence-corrected chi connectivity index (χ0v) is 21.9. The average Bonchev–Trinajstić information content (AvgIpc) is 3.43. The number of fused-ring (bicyclic) bond motifs is 1. The summed E-state index contributed by atoms with van der Waals surface area (Å²) in [6.07, 6.45) is 2.28. The summed E-state index contributed by atoms with van der Waals surface area (Å²) in [5, 5.41) is 15.4. The van der Waals surface area contributed by atoms with Crippen LogP contribution >= 0.6 is 0 Å². The van der Waals surface area contributed by atoms with Crippen LogP contribution in [-0.2, 0) is 19.1 Å². The Morgan fingerprint density at radius 1 is 1.14 bits per heavy atom. The number of carbonyl (C=O) groups is 3. The van der Waals surface area contributed by atoms with Gasteiger partial charge >= 0.3 is 0 Å². The third kappa shape index (κ3) is 4.26. The molecule has 1 aromatic carbocycles. The van der Waals surface area contributed by atoms with Crippen molar-refractivity contribution in [3.05, 3.63) is 24.3 Å². The molecular formula is C27H40N4O5. The Labute approximate surface area is 213 Å². The van der Waals surface area contributed by atoms with E-state index < -0.39 is 29.1 Å². The Hall–Kier alpha value is -2.65. The van der Waals surface area contributed by atoms with Gasteiger partial charge in [-0.15, -0.1) is 0 Å². The largest absolute Gasteiger partial charge is 0.396 e. The third-order valence-corrected chi connectivity index (χ3v) is 8.18. The van der Waals surface area contributed by atoms with E-state index in [0.717, 1.165) is 25.2 Å². The van der Waals surface area contributed by atoms with Gasteiger partial charge in [-0.1, -0.05) is 6.92 Å². The van der Waals surface area contributed by atoms with Crippen molar-refractivity contribution in [2.45, 2.75) is 70.6 Å². The zero-order valence-electron chi connectivity index (χ0n) is 21.9. The van der Waals surface area contributed by atoms with Gasteiger partial charge in [0.15, 0.2) is 0 Å². The number of likely N-dealkylation sites (tertiary alicyclic amines) is 1. The Bertz CT molecular complexity index is 981. The predicted octanol–water partition coefficient (Wildman–Crippen LogP) is 2.14. The molecule has 0 aliphatic carbocycles. The van der Waals surface area contributed by atoms with E-state index in [1.165, 1.54) is 4.90 Å². The van der Waals surface area contributed by atoms with Gasteiger partial charge in [-0.05, 0) is 70.7 Å². The number of benzene rings is 1. The van der Waals surface area contributed by atoms with E-state index in [1.54, 1.807) is 0 Å². The average molecular weight is 501 g/mol. The topological polar surface area (TPSA) is 111 Å². The lowest BCUT2D eigenvalue weighted by atomic mass is 9.66. The van der Waals surface area contributed by atoms with Crippen LogP contribution in [0.4, 0.5) is 11.4 Å². The number of hydrogen-bond donors (Lipinski definition) is 3. The fourth-order valence-corrected chi connectivity index (χ4v) is 6.52. The van der Waals surface area contributed by atoms with Gasteiger partial charge in [-0.25, -0.2) is 0 Å². The molecule has 3 saturated heterocycles. The molecule has 36 heavy (non-hydrogen) atoms. The predicted molar refractivity (Wildman–Crippen MR) is 138 cm³/mol. The standard InChI is InChI=1S/C27H40N4O5/c1-5-15-28-23(33)20-21-25(35)31(16-8-17-32)22(27(21)14-13-26(20,4)36-27)24(34)29-18-9-11-19(12-10-18)30(6-2)7-3/h9-12,20-22,32H,5-8,13-17H2,1-4H3,(H,28,33)(H,29,34)/t20-,21-,22?,26+,27?/m0/s1. The zero-order chi connectivity index (χ0) is 26.1. The van der Waals surface area contributed by atoms with Gasteiger partial charge in [0.2, 0.25) is 17.7 Å². The van der Waals surface area contributed by atoms with Crippen LogP contribution in [0, 0.1) is 11.8 Å². The monoisotopic (exact) mass is 500 g/mol. The molecule has 9 heteroatoms. The van der Waals surface area contributed by atoms with Crippen LogP contribution < -0.4 is 15.5 Å². The number of aliphatic hydroxyl groups excluding tert-OH is 1. The summed E-state index contributed by atoms with van der Waals surface area (Å²) < 4.78 is 6.56. The highest BCUT2D eigenvalue weighted by atomic mass is 16.5. The molecule has 3 heterocycles. The summed E-state index contributed by atoms with van der Waals surface area (Å²) in [6.45, 7) is 10.5. The maximum absolute atomic E-state index is 13.8. The maximum atomic E-state index is 13.8. The van der Waals surface area contributed by atoms with E-state index in [2.05, 4.69) is 29.4 Å². The van der Waals surface area contributed by atoms with Gasteiger partial charge in [-0.3, -0.25) is 14.4 Å². The fraction of sp³-hybridized carbons (Fsp3) is 0.667. The minimum atomic E-state index is -1.05. The molecule has 4 rings (SSSR count). The number of nitrogens with zero attached hydrogens (tertiary/aromatic N) is 2. The smallest absolute Gasteiger partial charge is 0.250 e. The van der Waals surface area contributed by atoms with Crippen molar-refractivity contribution in [1.29, 1.82) is 0 Å². The van der Waals surface area contributed by atoms with Crippen LogP contribution in [0.1, 0.15) is 53.4 Å². The SMILES string of the molecule is CCCNC(=O)[C@@H]1[C@H]2C(=O)N(CCCO)C(C(=O)Nc3ccc(N(CC)CC)cc3)C23CC[C@@]1(C)O3. The molecule has 5 atom stereocenters. The van der Waals surface area contributed by atoms with Crippen LogP contribution in [0.2, 0.25) is 0 Å². The number of rotatable bonds is 11. The van der Waals surface area contributed by atoms with Gasteiger partial charge in [0.05, 0.1) is 17.4 Å². The first-order chi connectivity index (χ1) is 17.3. The van der Waals surface area contributed by atoms with Crippen molar-refractivity contribution >= 4 is 29.1 Å². The molecule has 1 aromatic rings. The van der Waals surface area contributed by atoms with Crippen LogP contribution in [0.5, 0.6) is 0 Å². The molecule has 2 unspecified atom stereocenters. The number of nitrogens with one attached hydrogen (secondary N) is 2. The highest BCUT2D eigenvalue weighted by Gasteiger charge is 2.77. The highest BCUT2D eigenvalue weighted by Crippen LogP contribution is 2.63. The van der Waals surface area contributed by atoms with E-state index in [9.17, 15) is 19.5 Å². The normalized spacial score (nSPS) is 30.4. The second-order valence-electron chi connectivity index (χ2n) is 10.3. The number of anilines is 2. The van der Waals surface area contributed by atoms with Gasteiger partial charge in [-0.2, -0.15) is 0 Å². The molecule has 3 aliphatic heterocycles. The Kier molecular flexibility index (Phi) is 7.61. The lowest BCUT2D eigenvalue weighted by molar-refractivity contribution is -0.144. The van der Waals surface area contributed by atoms with Crippen molar-refractivity contribution < 1.29 is 24.2 Å². The number of ether oxygens (including phenoxy) is 1. The number of aliphatic hydroxyl groups is 1. The minimum Gasteiger partial charge on any atom is -0.396 e. The summed E-state index contributed by atoms with van der Waals surface area (Å²) >= 11 is 0. The van der Waals surface area contributed by atoms with Crippen molar-refractivity contribution in [2.75, 3.05) is 43.0 Å². The van der Waals surface area contributed by atoms with E-state index in [1.807, 2.05) is 38.1 Å². The Morgan fingerprint density at radius 3 is 2.44 bits per heavy atom. The molecular weight excluding hydrogens is 460 g/mol. The number of hydrogen-bond acceptors (Lipinski definition) is 6. The van der Waals surface area contributed by atoms with Crippen LogP contribution in [0.15, 0.2) is 24.3 Å². The first-order valence-electron chi connectivity index (χ1n) is 13.3. The quantitative estimate of drug-likeness (QED) is 0.429. The van der Waals surface area contributed by atoms with Crippen molar-refractivity contribution in [2.24, 2.45) is 11.8 Å². The van der Waals surface area contributed by atoms with Gasteiger partial charge in [0, 0.05) is 44.2 Å². The molecule has 0 aromatic heterocycles. The Morgan fingerprint density at radius 2 is 1.83 bits per heavy atom. The van der Waals surface area contributed by atoms with Gasteiger partial charge in [0.25, 0.3) is 0 Å². The summed E-state index contributed by atoms with van der Waals surface area (Å²) in [7, 11) is 0. The molecule has 2 bridgehead atoms. The van der Waals surface area contributed by atoms with E-state index in [4.69, 9.17) is 4.74 Å². The molecule has 0 radical (unpaired) electrons. The minimum absolute atomic E-state index is 0.0956. The maximum Gasteiger partial charge on any atom is 0.250 e. The van der Waals surface area contributed by atoms with E-state index in [0.29, 0.717) is 31.5 Å². The molecule has 198 valence electrons. The molecule has 0 saturated carbocycles. The molecule has 3 fully saturated rings. The third-order valence-electron chi connectivity index (χ3n) is 8.18. The molecule has 1 spiro atoms. The fourth-order valence-electron chi connectivity index (χ4n) is 6.52. The molecule has 3 aliphatic rings. The summed E-state index contributed by atoms with van der Waals surface area (Å²) in [6, 6.07) is 6.81. The van der Waals surface area contributed by atoms with Crippen molar-refractivity contribution in [3.8, 4) is 0 Å². The first kappa shape index (κ1) is 26.4. The van der Waals surface area contributed by atoms with E-state index >= 15 is 0 Å². The molecule has 9 nitrogen and oxygen atoms in total. The summed E-state index contributed by atoms with van der Waals surface area (Å²) in [5.74, 6) is -2.10. The number of amides is 3. The summed E-state index contributed by atoms with van der Waals surface area (Å²) in [5.41, 5.74) is -0.128. The summed E-state index contributed by atoms with van der Waals surface area (Å²) in [4.78, 5) is 44.5. The van der Waals surface area contributed by atoms with Gasteiger partial charge in [0.1, 0.15) is 11.6 Å². The van der Waals surface area contributed by atoms with E-state index in [-0.39, 0.29) is 30.9 Å².